The van der Waals surface area contributed by atoms with Crippen LogP contribution in [0.25, 0.3) is 11.3 Å². The van der Waals surface area contributed by atoms with Crippen molar-refractivity contribution in [2.45, 2.75) is 0 Å². The number of carbonyl (C=O) groups excluding carboxylic acids is 1. The van der Waals surface area contributed by atoms with Crippen LogP contribution >= 0.6 is 0 Å². The van der Waals surface area contributed by atoms with E-state index in [-0.39, 0.29) is 17.4 Å². The molecule has 0 saturated carbocycles. The lowest BCUT2D eigenvalue weighted by Gasteiger charge is -2.04. The van der Waals surface area contributed by atoms with Gasteiger partial charge in [-0.15, -0.1) is 0 Å². The Morgan fingerprint density at radius 2 is 2.06 bits per heavy atom. The molecule has 6 nitrogen and oxygen atoms in total. The average molecular weight is 246 g/mol. The van der Waals surface area contributed by atoms with Gasteiger partial charge < -0.3 is 14.9 Å². The van der Waals surface area contributed by atoms with Crippen LogP contribution in [0.4, 0.5) is 0 Å². The minimum absolute atomic E-state index is 0.197. The number of nitrogens with one attached hydrogen (secondary N) is 1. The van der Waals surface area contributed by atoms with Crippen LogP contribution in [-0.4, -0.2) is 29.2 Å². The second kappa shape index (κ2) is 4.70. The van der Waals surface area contributed by atoms with Crippen molar-refractivity contribution in [2.75, 3.05) is 7.05 Å². The maximum absolute atomic E-state index is 11.7. The Kier molecular flexibility index (Phi) is 3.09. The van der Waals surface area contributed by atoms with E-state index < -0.39 is 5.97 Å². The highest BCUT2D eigenvalue weighted by Crippen LogP contribution is 2.24. The summed E-state index contributed by atoms with van der Waals surface area (Å²) in [6.07, 6.45) is 0. The Morgan fingerprint density at radius 1 is 1.33 bits per heavy atom. The van der Waals surface area contributed by atoms with Crippen molar-refractivity contribution in [1.82, 2.24) is 10.5 Å². The Morgan fingerprint density at radius 3 is 2.67 bits per heavy atom. The number of amides is 1. The first-order valence-corrected chi connectivity index (χ1v) is 5.15. The molecular weight excluding hydrogens is 236 g/mol. The molecule has 1 aromatic heterocycles. The molecule has 0 spiro atoms. The van der Waals surface area contributed by atoms with Crippen molar-refractivity contribution in [3.8, 4) is 11.3 Å². The molecule has 1 amide bonds. The van der Waals surface area contributed by atoms with E-state index in [1.54, 1.807) is 24.3 Å². The molecule has 1 heterocycles. The van der Waals surface area contributed by atoms with E-state index in [1.807, 2.05) is 0 Å². The third kappa shape index (κ3) is 2.08. The Balaban J connectivity index is 2.49. The molecule has 0 aliphatic rings. The number of aromatic nitrogens is 1. The minimum atomic E-state index is -1.18. The quantitative estimate of drug-likeness (QED) is 0.853. The standard InChI is InChI=1S/C12H10N2O4/c1-13-11(15)8-5-3-2-4-7(8)10-6-9(12(16)17)14-18-10/h2-6H,1H3,(H,13,15)(H,16,17). The monoisotopic (exact) mass is 246 g/mol. The van der Waals surface area contributed by atoms with E-state index in [2.05, 4.69) is 10.5 Å². The summed E-state index contributed by atoms with van der Waals surface area (Å²) in [4.78, 5) is 22.4. The highest BCUT2D eigenvalue weighted by molar-refractivity contribution is 6.00. The summed E-state index contributed by atoms with van der Waals surface area (Å²) in [6, 6.07) is 8.01. The van der Waals surface area contributed by atoms with Gasteiger partial charge in [-0.3, -0.25) is 4.79 Å². The Bertz CT molecular complexity index is 604. The van der Waals surface area contributed by atoms with Gasteiger partial charge in [0.1, 0.15) is 0 Å². The highest BCUT2D eigenvalue weighted by atomic mass is 16.5. The zero-order valence-corrected chi connectivity index (χ0v) is 9.51. The zero-order valence-electron chi connectivity index (χ0n) is 9.51. The molecule has 2 N–H and O–H groups in total. The number of hydrogen-bond acceptors (Lipinski definition) is 4. The van der Waals surface area contributed by atoms with Gasteiger partial charge in [-0.05, 0) is 6.07 Å². The smallest absolute Gasteiger partial charge is 0.358 e. The molecule has 0 radical (unpaired) electrons. The molecule has 0 bridgehead atoms. The maximum Gasteiger partial charge on any atom is 0.358 e. The first-order chi connectivity index (χ1) is 8.63. The molecule has 2 rings (SSSR count). The molecule has 0 aliphatic heterocycles. The molecule has 6 heteroatoms. The summed E-state index contributed by atoms with van der Waals surface area (Å²) >= 11 is 0. The topological polar surface area (TPSA) is 92.4 Å². The average Bonchev–Trinajstić information content (AvgIpc) is 2.87. The van der Waals surface area contributed by atoms with Crippen molar-refractivity contribution in [2.24, 2.45) is 0 Å². The van der Waals surface area contributed by atoms with Crippen molar-refractivity contribution in [3.05, 3.63) is 41.6 Å². The number of aromatic carboxylic acids is 1. The van der Waals surface area contributed by atoms with Gasteiger partial charge in [0.2, 0.25) is 0 Å². The number of carbonyl (C=O) groups is 2. The van der Waals surface area contributed by atoms with Crippen LogP contribution in [-0.2, 0) is 0 Å². The van der Waals surface area contributed by atoms with Crippen LogP contribution in [0.5, 0.6) is 0 Å². The van der Waals surface area contributed by atoms with E-state index in [1.165, 1.54) is 13.1 Å². The molecule has 0 aliphatic carbocycles. The fraction of sp³-hybridized carbons (Fsp3) is 0.0833. The zero-order chi connectivity index (χ0) is 13.1. The summed E-state index contributed by atoms with van der Waals surface area (Å²) in [5, 5.41) is 14.7. The fourth-order valence-corrected chi connectivity index (χ4v) is 1.53. The summed E-state index contributed by atoms with van der Waals surface area (Å²) < 4.78 is 4.94. The predicted octanol–water partition coefficient (Wildman–Crippen LogP) is 1.40. The van der Waals surface area contributed by atoms with Gasteiger partial charge in [0.25, 0.3) is 5.91 Å². The third-order valence-corrected chi connectivity index (χ3v) is 2.39. The molecular formula is C12H10N2O4. The number of hydrogen-bond donors (Lipinski definition) is 2. The summed E-state index contributed by atoms with van der Waals surface area (Å²) in [5.41, 5.74) is 0.696. The van der Waals surface area contributed by atoms with Crippen LogP contribution in [0.15, 0.2) is 34.9 Å². The second-order valence-electron chi connectivity index (χ2n) is 3.51. The summed E-state index contributed by atoms with van der Waals surface area (Å²) in [6.45, 7) is 0. The van der Waals surface area contributed by atoms with Gasteiger partial charge in [-0.1, -0.05) is 23.4 Å². The molecule has 0 unspecified atom stereocenters. The number of rotatable bonds is 3. The normalized spacial score (nSPS) is 10.1. The van der Waals surface area contributed by atoms with Crippen molar-refractivity contribution in [1.29, 1.82) is 0 Å². The van der Waals surface area contributed by atoms with Gasteiger partial charge >= 0.3 is 5.97 Å². The predicted molar refractivity (Wildman–Crippen MR) is 62.3 cm³/mol. The van der Waals surface area contributed by atoms with E-state index in [0.717, 1.165) is 0 Å². The van der Waals surface area contributed by atoms with Gasteiger partial charge in [0.05, 0.1) is 5.56 Å². The lowest BCUT2D eigenvalue weighted by molar-refractivity contribution is 0.0685. The van der Waals surface area contributed by atoms with Crippen molar-refractivity contribution < 1.29 is 19.2 Å². The molecule has 2 aromatic rings. The summed E-state index contributed by atoms with van der Waals surface area (Å²) in [5.74, 6) is -1.21. The van der Waals surface area contributed by atoms with E-state index in [4.69, 9.17) is 9.63 Å². The summed E-state index contributed by atoms with van der Waals surface area (Å²) in [7, 11) is 1.52. The second-order valence-corrected chi connectivity index (χ2v) is 3.51. The van der Waals surface area contributed by atoms with Gasteiger partial charge in [-0.25, -0.2) is 4.79 Å². The first-order valence-electron chi connectivity index (χ1n) is 5.15. The molecule has 0 saturated heterocycles. The lowest BCUT2D eigenvalue weighted by Crippen LogP contribution is -2.18. The molecule has 18 heavy (non-hydrogen) atoms. The highest BCUT2D eigenvalue weighted by Gasteiger charge is 2.17. The van der Waals surface area contributed by atoms with Crippen LogP contribution in [0.2, 0.25) is 0 Å². The molecule has 1 aromatic carbocycles. The lowest BCUT2D eigenvalue weighted by atomic mass is 10.0. The van der Waals surface area contributed by atoms with Crippen LogP contribution in [0.1, 0.15) is 20.8 Å². The fourth-order valence-electron chi connectivity index (χ4n) is 1.53. The molecule has 0 atom stereocenters. The number of nitrogens with zero attached hydrogens (tertiary/aromatic N) is 1. The molecule has 92 valence electrons. The van der Waals surface area contributed by atoms with Gasteiger partial charge in [0.15, 0.2) is 11.5 Å². The number of benzene rings is 1. The third-order valence-electron chi connectivity index (χ3n) is 2.39. The maximum atomic E-state index is 11.7. The Labute approximate surface area is 102 Å². The van der Waals surface area contributed by atoms with Gasteiger partial charge in [0, 0.05) is 18.7 Å². The van der Waals surface area contributed by atoms with E-state index >= 15 is 0 Å². The van der Waals surface area contributed by atoms with Crippen molar-refractivity contribution in [3.63, 3.8) is 0 Å². The minimum Gasteiger partial charge on any atom is -0.476 e. The van der Waals surface area contributed by atoms with Gasteiger partial charge in [-0.2, -0.15) is 0 Å². The van der Waals surface area contributed by atoms with Crippen LogP contribution in [0, 0.1) is 0 Å². The van der Waals surface area contributed by atoms with Crippen molar-refractivity contribution >= 4 is 11.9 Å². The molecule has 0 fully saturated rings. The largest absolute Gasteiger partial charge is 0.476 e. The number of carboxylic acids is 1. The SMILES string of the molecule is CNC(=O)c1ccccc1-c1cc(C(=O)O)no1. The first kappa shape index (κ1) is 11.8. The Hall–Kier alpha value is -2.63. The van der Waals surface area contributed by atoms with E-state index in [0.29, 0.717) is 11.1 Å². The van der Waals surface area contributed by atoms with Crippen LogP contribution in [0.3, 0.4) is 0 Å². The van der Waals surface area contributed by atoms with E-state index in [9.17, 15) is 9.59 Å². The number of carboxylic acid groups (broad SMARTS) is 1. The van der Waals surface area contributed by atoms with Crippen LogP contribution < -0.4 is 5.32 Å².